The van der Waals surface area contributed by atoms with Crippen LogP contribution in [-0.2, 0) is 19.7 Å². The first kappa shape index (κ1) is 17.8. The summed E-state index contributed by atoms with van der Waals surface area (Å²) in [5.74, 6) is -1.36. The molecule has 0 radical (unpaired) electrons. The lowest BCUT2D eigenvalue weighted by atomic mass is 9.68. The molecule has 1 aromatic carbocycles. The molecular formula is C17H22ClNO4. The number of rotatable bonds is 6. The van der Waals surface area contributed by atoms with Crippen molar-refractivity contribution in [1.82, 2.24) is 5.32 Å². The molecule has 2 rings (SSSR count). The normalized spacial score (nSPS) is 18.2. The van der Waals surface area contributed by atoms with Crippen molar-refractivity contribution in [3.05, 3.63) is 34.9 Å². The van der Waals surface area contributed by atoms with Gasteiger partial charge in [0.05, 0.1) is 12.0 Å². The number of amides is 1. The Labute approximate surface area is 141 Å². The molecule has 1 unspecified atom stereocenters. The first-order valence-corrected chi connectivity index (χ1v) is 8.16. The van der Waals surface area contributed by atoms with Crippen molar-refractivity contribution in [3.8, 4) is 0 Å². The van der Waals surface area contributed by atoms with Crippen LogP contribution in [0.3, 0.4) is 0 Å². The van der Waals surface area contributed by atoms with Crippen molar-refractivity contribution in [2.24, 2.45) is 0 Å². The van der Waals surface area contributed by atoms with Gasteiger partial charge in [0, 0.05) is 12.1 Å². The number of halogens is 1. The summed E-state index contributed by atoms with van der Waals surface area (Å²) in [7, 11) is 1.41. The molecule has 6 heteroatoms. The maximum Gasteiger partial charge on any atom is 0.328 e. The van der Waals surface area contributed by atoms with Crippen LogP contribution in [0.25, 0.3) is 0 Å². The Kier molecular flexibility index (Phi) is 6.02. The summed E-state index contributed by atoms with van der Waals surface area (Å²) in [4.78, 5) is 24.2. The highest BCUT2D eigenvalue weighted by atomic mass is 35.5. The van der Waals surface area contributed by atoms with Gasteiger partial charge in [-0.05, 0) is 30.5 Å². The molecule has 1 atom stereocenters. The Hall–Kier alpha value is -1.59. The summed E-state index contributed by atoms with van der Waals surface area (Å²) < 4.78 is 4.89. The van der Waals surface area contributed by atoms with E-state index in [1.807, 2.05) is 12.1 Å². The first-order chi connectivity index (χ1) is 11.0. The smallest absolute Gasteiger partial charge is 0.328 e. The van der Waals surface area contributed by atoms with Gasteiger partial charge in [0.25, 0.3) is 0 Å². The molecule has 0 saturated heterocycles. The van der Waals surface area contributed by atoms with Crippen LogP contribution in [0.5, 0.6) is 0 Å². The predicted molar refractivity (Wildman–Crippen MR) is 87.7 cm³/mol. The van der Waals surface area contributed by atoms with Gasteiger partial charge in [-0.1, -0.05) is 43.0 Å². The van der Waals surface area contributed by atoms with E-state index in [4.69, 9.17) is 16.3 Å². The van der Waals surface area contributed by atoms with Crippen molar-refractivity contribution in [1.29, 1.82) is 0 Å². The standard InChI is InChI=1S/C17H22ClNO4/c1-23-11-14(15(20)21)19-16(22)17(8-3-2-4-9-17)12-6-5-7-13(18)10-12/h5-7,10,14H,2-4,8-9,11H2,1H3,(H,19,22)(H,20,21). The molecule has 126 valence electrons. The van der Waals surface area contributed by atoms with Crippen LogP contribution in [0.2, 0.25) is 5.02 Å². The van der Waals surface area contributed by atoms with E-state index in [0.717, 1.165) is 24.8 Å². The zero-order valence-electron chi connectivity index (χ0n) is 13.2. The summed E-state index contributed by atoms with van der Waals surface area (Å²) in [5.41, 5.74) is 0.133. The second-order valence-corrected chi connectivity index (χ2v) is 6.41. The molecule has 1 fully saturated rings. The molecule has 1 amide bonds. The zero-order chi connectivity index (χ0) is 16.9. The third kappa shape index (κ3) is 4.03. The van der Waals surface area contributed by atoms with Gasteiger partial charge in [-0.15, -0.1) is 0 Å². The van der Waals surface area contributed by atoms with Crippen LogP contribution in [0.4, 0.5) is 0 Å². The molecule has 0 spiro atoms. The molecule has 5 nitrogen and oxygen atoms in total. The number of hydrogen-bond acceptors (Lipinski definition) is 3. The Morgan fingerprint density at radius 1 is 1.35 bits per heavy atom. The number of carbonyl (C=O) groups excluding carboxylic acids is 1. The fraction of sp³-hybridized carbons (Fsp3) is 0.529. The fourth-order valence-electron chi connectivity index (χ4n) is 3.23. The van der Waals surface area contributed by atoms with Gasteiger partial charge < -0.3 is 15.2 Å². The molecule has 1 aliphatic rings. The topological polar surface area (TPSA) is 75.6 Å². The second-order valence-electron chi connectivity index (χ2n) is 5.97. The molecule has 23 heavy (non-hydrogen) atoms. The van der Waals surface area contributed by atoms with Crippen molar-refractivity contribution in [2.75, 3.05) is 13.7 Å². The van der Waals surface area contributed by atoms with Crippen molar-refractivity contribution in [2.45, 2.75) is 43.6 Å². The van der Waals surface area contributed by atoms with E-state index in [9.17, 15) is 14.7 Å². The molecule has 0 heterocycles. The van der Waals surface area contributed by atoms with Crippen LogP contribution < -0.4 is 5.32 Å². The van der Waals surface area contributed by atoms with Gasteiger partial charge in [0.2, 0.25) is 5.91 Å². The summed E-state index contributed by atoms with van der Waals surface area (Å²) >= 11 is 6.09. The summed E-state index contributed by atoms with van der Waals surface area (Å²) in [6.07, 6.45) is 4.33. The maximum absolute atomic E-state index is 12.9. The van der Waals surface area contributed by atoms with Crippen molar-refractivity contribution in [3.63, 3.8) is 0 Å². The van der Waals surface area contributed by atoms with Gasteiger partial charge in [0.15, 0.2) is 6.04 Å². The molecule has 0 aromatic heterocycles. The number of nitrogens with one attached hydrogen (secondary N) is 1. The molecule has 1 aromatic rings. The highest BCUT2D eigenvalue weighted by Gasteiger charge is 2.42. The van der Waals surface area contributed by atoms with Crippen LogP contribution in [0, 0.1) is 0 Å². The minimum Gasteiger partial charge on any atom is -0.480 e. The highest BCUT2D eigenvalue weighted by Crippen LogP contribution is 2.40. The Balaban J connectivity index is 2.30. The summed E-state index contributed by atoms with van der Waals surface area (Å²) in [5, 5.41) is 12.4. The van der Waals surface area contributed by atoms with E-state index in [-0.39, 0.29) is 12.5 Å². The highest BCUT2D eigenvalue weighted by molar-refractivity contribution is 6.30. The van der Waals surface area contributed by atoms with E-state index >= 15 is 0 Å². The van der Waals surface area contributed by atoms with Crippen LogP contribution >= 0.6 is 11.6 Å². The maximum atomic E-state index is 12.9. The monoisotopic (exact) mass is 339 g/mol. The molecule has 1 aliphatic carbocycles. The number of hydrogen-bond donors (Lipinski definition) is 2. The molecule has 0 aliphatic heterocycles. The minimum absolute atomic E-state index is 0.0628. The predicted octanol–water partition coefficient (Wildman–Crippen LogP) is 2.76. The fourth-order valence-corrected chi connectivity index (χ4v) is 3.42. The first-order valence-electron chi connectivity index (χ1n) is 7.78. The minimum atomic E-state index is -1.10. The number of ether oxygens (including phenoxy) is 1. The Morgan fingerprint density at radius 3 is 2.61 bits per heavy atom. The van der Waals surface area contributed by atoms with Gasteiger partial charge in [-0.2, -0.15) is 0 Å². The molecule has 0 bridgehead atoms. The van der Waals surface area contributed by atoms with E-state index in [1.54, 1.807) is 12.1 Å². The number of methoxy groups -OCH3 is 1. The van der Waals surface area contributed by atoms with E-state index in [1.165, 1.54) is 7.11 Å². The van der Waals surface area contributed by atoms with E-state index < -0.39 is 17.4 Å². The van der Waals surface area contributed by atoms with Crippen molar-refractivity contribution < 1.29 is 19.4 Å². The summed E-state index contributed by atoms with van der Waals surface area (Å²) in [6.45, 7) is -0.0628. The Bertz CT molecular complexity index is 569. The average Bonchev–Trinajstić information content (AvgIpc) is 2.54. The SMILES string of the molecule is COCC(NC(=O)C1(c2cccc(Cl)c2)CCCCC1)C(=O)O. The number of carboxylic acids is 1. The lowest BCUT2D eigenvalue weighted by Crippen LogP contribution is -2.52. The van der Waals surface area contributed by atoms with Gasteiger partial charge in [-0.3, -0.25) is 4.79 Å². The van der Waals surface area contributed by atoms with Crippen LogP contribution in [0.15, 0.2) is 24.3 Å². The molecular weight excluding hydrogens is 318 g/mol. The lowest BCUT2D eigenvalue weighted by molar-refractivity contribution is -0.144. The third-order valence-corrected chi connectivity index (χ3v) is 4.69. The van der Waals surface area contributed by atoms with E-state index in [0.29, 0.717) is 17.9 Å². The van der Waals surface area contributed by atoms with Crippen molar-refractivity contribution >= 4 is 23.5 Å². The lowest BCUT2D eigenvalue weighted by Gasteiger charge is -2.37. The Morgan fingerprint density at radius 2 is 2.04 bits per heavy atom. The zero-order valence-corrected chi connectivity index (χ0v) is 13.9. The van der Waals surface area contributed by atoms with Gasteiger partial charge in [-0.25, -0.2) is 4.79 Å². The number of aliphatic carboxylic acids is 1. The summed E-state index contributed by atoms with van der Waals surface area (Å²) in [6, 6.07) is 6.24. The largest absolute Gasteiger partial charge is 0.480 e. The molecule has 2 N–H and O–H groups in total. The molecule has 1 saturated carbocycles. The second kappa shape index (κ2) is 7.79. The average molecular weight is 340 g/mol. The van der Waals surface area contributed by atoms with E-state index in [2.05, 4.69) is 5.32 Å². The van der Waals surface area contributed by atoms with Crippen LogP contribution in [-0.4, -0.2) is 36.7 Å². The van der Waals surface area contributed by atoms with Gasteiger partial charge in [0.1, 0.15) is 0 Å². The van der Waals surface area contributed by atoms with Gasteiger partial charge >= 0.3 is 5.97 Å². The quantitative estimate of drug-likeness (QED) is 0.835. The number of benzene rings is 1. The third-order valence-electron chi connectivity index (χ3n) is 4.46. The van der Waals surface area contributed by atoms with Crippen LogP contribution in [0.1, 0.15) is 37.7 Å². The number of carboxylic acid groups (broad SMARTS) is 1. The number of carbonyl (C=O) groups is 2.